The first kappa shape index (κ1) is 21.4. The number of imide groups is 2. The van der Waals surface area contributed by atoms with E-state index in [0.29, 0.717) is 5.75 Å². The van der Waals surface area contributed by atoms with Crippen LogP contribution in [0.5, 0.6) is 5.75 Å². The van der Waals surface area contributed by atoms with Gasteiger partial charge in [-0.3, -0.25) is 29.4 Å². The second-order valence-electron chi connectivity index (χ2n) is 7.52. The number of carbonyl (C=O) groups excluding carboxylic acids is 4. The van der Waals surface area contributed by atoms with Crippen molar-refractivity contribution in [2.45, 2.75) is 18.9 Å². The van der Waals surface area contributed by atoms with Crippen LogP contribution in [0.2, 0.25) is 0 Å². The van der Waals surface area contributed by atoms with E-state index in [4.69, 9.17) is 4.74 Å². The molecule has 1 N–H and O–H groups in total. The predicted octanol–water partition coefficient (Wildman–Crippen LogP) is 1.88. The quantitative estimate of drug-likeness (QED) is 0.685. The molecule has 1 unspecified atom stereocenters. The Morgan fingerprint density at radius 3 is 2.38 bits per heavy atom. The van der Waals surface area contributed by atoms with Gasteiger partial charge in [0.2, 0.25) is 11.8 Å². The molecule has 0 aliphatic carbocycles. The Balaban J connectivity index is 1.49. The van der Waals surface area contributed by atoms with Crippen molar-refractivity contribution >= 4 is 29.3 Å². The molecule has 2 aliphatic rings. The number of carbonyl (C=O) groups is 4. The summed E-state index contributed by atoms with van der Waals surface area (Å²) in [6, 6.07) is 6.60. The van der Waals surface area contributed by atoms with Crippen molar-refractivity contribution < 1.29 is 32.7 Å². The van der Waals surface area contributed by atoms with E-state index in [-0.39, 0.29) is 48.6 Å². The number of ether oxygens (including phenoxy) is 1. The van der Waals surface area contributed by atoms with Crippen molar-refractivity contribution in [3.8, 4) is 5.75 Å². The average molecular weight is 443 g/mol. The highest BCUT2D eigenvalue weighted by molar-refractivity contribution is 6.23. The molecule has 1 atom stereocenters. The van der Waals surface area contributed by atoms with Gasteiger partial charge in [-0.25, -0.2) is 8.78 Å². The average Bonchev–Trinajstić information content (AvgIpc) is 2.98. The highest BCUT2D eigenvalue weighted by atomic mass is 19.1. The van der Waals surface area contributed by atoms with Crippen LogP contribution >= 0.6 is 0 Å². The number of benzene rings is 2. The van der Waals surface area contributed by atoms with Crippen molar-refractivity contribution in [2.24, 2.45) is 0 Å². The number of anilines is 1. The number of nitrogens with one attached hydrogen (secondary N) is 1. The molecular weight excluding hydrogens is 424 g/mol. The van der Waals surface area contributed by atoms with E-state index in [1.807, 2.05) is 0 Å². The number of hydrogen-bond donors (Lipinski definition) is 1. The SMILES string of the molecule is CN(CCOc1ccc(F)cc1)c1cc2c(cc1F)C(=O)N(C1CCC(=O)NC1=O)C2=O. The van der Waals surface area contributed by atoms with Crippen LogP contribution < -0.4 is 15.0 Å². The Hall–Kier alpha value is -3.82. The minimum Gasteiger partial charge on any atom is -0.492 e. The van der Waals surface area contributed by atoms with Gasteiger partial charge in [0.1, 0.15) is 30.0 Å². The van der Waals surface area contributed by atoms with Crippen LogP contribution in [-0.2, 0) is 9.59 Å². The van der Waals surface area contributed by atoms with Gasteiger partial charge < -0.3 is 9.64 Å². The Morgan fingerprint density at radius 2 is 1.72 bits per heavy atom. The van der Waals surface area contributed by atoms with E-state index >= 15 is 0 Å². The molecule has 1 fully saturated rings. The molecule has 0 radical (unpaired) electrons. The van der Waals surface area contributed by atoms with Crippen molar-refractivity contribution in [1.29, 1.82) is 0 Å². The van der Waals surface area contributed by atoms with Gasteiger partial charge in [-0.15, -0.1) is 0 Å². The normalized spacial score (nSPS) is 18.0. The number of rotatable bonds is 6. The Morgan fingerprint density at radius 1 is 1.06 bits per heavy atom. The summed E-state index contributed by atoms with van der Waals surface area (Å²) in [5.74, 6) is -3.33. The monoisotopic (exact) mass is 443 g/mol. The first-order valence-corrected chi connectivity index (χ1v) is 9.91. The molecule has 166 valence electrons. The highest BCUT2D eigenvalue weighted by Crippen LogP contribution is 2.32. The predicted molar refractivity (Wildman–Crippen MR) is 108 cm³/mol. The van der Waals surface area contributed by atoms with Crippen molar-refractivity contribution in [1.82, 2.24) is 10.2 Å². The molecule has 32 heavy (non-hydrogen) atoms. The zero-order valence-electron chi connectivity index (χ0n) is 17.1. The largest absolute Gasteiger partial charge is 0.492 e. The lowest BCUT2D eigenvalue weighted by atomic mass is 10.0. The van der Waals surface area contributed by atoms with Crippen LogP contribution in [0.25, 0.3) is 0 Å². The molecule has 2 heterocycles. The van der Waals surface area contributed by atoms with Crippen LogP contribution in [0.3, 0.4) is 0 Å². The third-order valence-electron chi connectivity index (χ3n) is 5.43. The van der Waals surface area contributed by atoms with E-state index in [2.05, 4.69) is 5.32 Å². The third-order valence-corrected chi connectivity index (χ3v) is 5.43. The minimum absolute atomic E-state index is 0.000215. The smallest absolute Gasteiger partial charge is 0.262 e. The standard InChI is InChI=1S/C22H19F2N3O5/c1-26(8-9-32-13-4-2-12(23)3-5-13)18-11-15-14(10-16(18)24)21(30)27(22(15)31)17-6-7-19(28)25-20(17)29/h2-5,10-11,17H,6-9H2,1H3,(H,25,28,29). The van der Waals surface area contributed by atoms with E-state index in [0.717, 1.165) is 11.0 Å². The summed E-state index contributed by atoms with van der Waals surface area (Å²) < 4.78 is 33.2. The van der Waals surface area contributed by atoms with Gasteiger partial charge in [-0.2, -0.15) is 0 Å². The fraction of sp³-hybridized carbons (Fsp3) is 0.273. The number of likely N-dealkylation sites (N-methyl/N-ethyl adjacent to an activating group) is 1. The molecule has 10 heteroatoms. The Labute approximate surface area is 181 Å². The van der Waals surface area contributed by atoms with Crippen LogP contribution in [-0.4, -0.2) is 54.8 Å². The molecule has 2 aromatic carbocycles. The summed E-state index contributed by atoms with van der Waals surface area (Å²) >= 11 is 0. The third kappa shape index (κ3) is 3.91. The second-order valence-corrected chi connectivity index (χ2v) is 7.52. The van der Waals surface area contributed by atoms with Crippen LogP contribution in [0.15, 0.2) is 36.4 Å². The van der Waals surface area contributed by atoms with Crippen LogP contribution in [0, 0.1) is 11.6 Å². The fourth-order valence-electron chi connectivity index (χ4n) is 3.72. The maximum Gasteiger partial charge on any atom is 0.262 e. The lowest BCUT2D eigenvalue weighted by Crippen LogP contribution is -2.54. The van der Waals surface area contributed by atoms with E-state index in [1.54, 1.807) is 7.05 Å². The second kappa shape index (κ2) is 8.37. The molecule has 8 nitrogen and oxygen atoms in total. The van der Waals surface area contributed by atoms with Gasteiger partial charge in [0, 0.05) is 13.5 Å². The summed E-state index contributed by atoms with van der Waals surface area (Å²) in [6.45, 7) is 0.403. The number of amides is 4. The maximum absolute atomic E-state index is 14.8. The maximum atomic E-state index is 14.8. The van der Waals surface area contributed by atoms with Crippen molar-refractivity contribution in [2.75, 3.05) is 25.1 Å². The van der Waals surface area contributed by atoms with Crippen molar-refractivity contribution in [3.63, 3.8) is 0 Å². The highest BCUT2D eigenvalue weighted by Gasteiger charge is 2.45. The summed E-state index contributed by atoms with van der Waals surface area (Å²) in [5.41, 5.74) is -0.0583. The van der Waals surface area contributed by atoms with Gasteiger partial charge in [0.05, 0.1) is 23.4 Å². The molecule has 2 aromatic rings. The molecular formula is C22H19F2N3O5. The Kier molecular flexibility index (Phi) is 5.60. The van der Waals surface area contributed by atoms with Gasteiger partial charge in [0.25, 0.3) is 11.8 Å². The zero-order valence-corrected chi connectivity index (χ0v) is 17.1. The van der Waals surface area contributed by atoms with Gasteiger partial charge >= 0.3 is 0 Å². The molecule has 0 bridgehead atoms. The van der Waals surface area contributed by atoms with Crippen LogP contribution in [0.4, 0.5) is 14.5 Å². The molecule has 0 saturated carbocycles. The van der Waals surface area contributed by atoms with Crippen molar-refractivity contribution in [3.05, 3.63) is 59.2 Å². The fourth-order valence-corrected chi connectivity index (χ4v) is 3.72. The van der Waals surface area contributed by atoms with E-state index < -0.39 is 35.5 Å². The number of hydrogen-bond acceptors (Lipinski definition) is 6. The minimum atomic E-state index is -1.12. The lowest BCUT2D eigenvalue weighted by Gasteiger charge is -2.27. The summed E-state index contributed by atoms with van der Waals surface area (Å²) in [7, 11) is 1.60. The first-order valence-electron chi connectivity index (χ1n) is 9.91. The molecule has 1 saturated heterocycles. The summed E-state index contributed by atoms with van der Waals surface area (Å²) in [6.07, 6.45) is 0.0202. The zero-order chi connectivity index (χ0) is 23.0. The molecule has 2 aliphatic heterocycles. The van der Waals surface area contributed by atoms with E-state index in [9.17, 15) is 28.0 Å². The topological polar surface area (TPSA) is 96.0 Å². The first-order chi connectivity index (χ1) is 15.3. The number of piperidine rings is 1. The molecule has 0 spiro atoms. The number of nitrogens with zero attached hydrogens (tertiary/aromatic N) is 2. The Bertz CT molecular complexity index is 1120. The number of fused-ring (bicyclic) bond motifs is 1. The molecule has 0 aromatic heterocycles. The van der Waals surface area contributed by atoms with E-state index in [1.165, 1.54) is 35.2 Å². The number of halogens is 2. The van der Waals surface area contributed by atoms with Gasteiger partial charge in [-0.1, -0.05) is 0 Å². The van der Waals surface area contributed by atoms with Crippen LogP contribution in [0.1, 0.15) is 33.6 Å². The van der Waals surface area contributed by atoms with Gasteiger partial charge in [0.15, 0.2) is 0 Å². The lowest BCUT2D eigenvalue weighted by molar-refractivity contribution is -0.136. The summed E-state index contributed by atoms with van der Waals surface area (Å²) in [4.78, 5) is 51.4. The van der Waals surface area contributed by atoms with Gasteiger partial charge in [-0.05, 0) is 42.8 Å². The molecule has 4 amide bonds. The summed E-state index contributed by atoms with van der Waals surface area (Å²) in [5, 5.41) is 2.11. The molecule has 4 rings (SSSR count).